The zero-order chi connectivity index (χ0) is 13.8. The predicted octanol–water partition coefficient (Wildman–Crippen LogP) is 0.0274. The lowest BCUT2D eigenvalue weighted by Crippen LogP contribution is -2.50. The molecule has 1 aromatic rings. The van der Waals surface area contributed by atoms with Crippen molar-refractivity contribution in [2.24, 2.45) is 0 Å². The predicted molar refractivity (Wildman–Crippen MR) is 65.6 cm³/mol. The van der Waals surface area contributed by atoms with E-state index >= 15 is 0 Å². The van der Waals surface area contributed by atoms with Crippen LogP contribution in [-0.4, -0.2) is 70.0 Å². The number of H-pyrrole nitrogens is 1. The maximum absolute atomic E-state index is 12.2. The minimum absolute atomic E-state index is 0.158. The molecule has 104 valence electrons. The molecule has 0 aromatic carbocycles. The number of carbonyl (C=O) groups excluding carboxylic acids is 2. The summed E-state index contributed by atoms with van der Waals surface area (Å²) in [5.74, 6) is -0.158. The average Bonchev–Trinajstić information content (AvgIpc) is 2.84. The number of aromatic nitrogens is 3. The molecule has 8 heteroatoms. The molecule has 1 saturated heterocycles. The van der Waals surface area contributed by atoms with Crippen molar-refractivity contribution in [3.8, 4) is 0 Å². The van der Waals surface area contributed by atoms with E-state index in [0.717, 1.165) is 0 Å². The van der Waals surface area contributed by atoms with Gasteiger partial charge in [-0.3, -0.25) is 4.79 Å². The number of amides is 2. The number of hydrogen-bond acceptors (Lipinski definition) is 5. The van der Waals surface area contributed by atoms with E-state index in [1.807, 2.05) is 0 Å². The number of ether oxygens (including phenoxy) is 1. The van der Waals surface area contributed by atoms with Crippen LogP contribution in [0.4, 0.5) is 4.79 Å². The third-order valence-electron chi connectivity index (χ3n) is 3.02. The van der Waals surface area contributed by atoms with Crippen molar-refractivity contribution in [1.29, 1.82) is 0 Å². The van der Waals surface area contributed by atoms with Crippen molar-refractivity contribution in [3.05, 3.63) is 11.4 Å². The van der Waals surface area contributed by atoms with E-state index in [2.05, 4.69) is 15.4 Å². The first-order chi connectivity index (χ1) is 9.13. The molecule has 0 atom stereocenters. The number of rotatable bonds is 2. The summed E-state index contributed by atoms with van der Waals surface area (Å²) in [7, 11) is 0. The van der Waals surface area contributed by atoms with Gasteiger partial charge in [-0.05, 0) is 13.8 Å². The Kier molecular flexibility index (Phi) is 3.98. The molecule has 0 unspecified atom stereocenters. The first kappa shape index (κ1) is 13.3. The fraction of sp³-hybridized carbons (Fsp3) is 0.636. The van der Waals surface area contributed by atoms with Gasteiger partial charge < -0.3 is 14.5 Å². The molecular formula is C11H17N5O3. The number of aryl methyl sites for hydroxylation is 1. The Balaban J connectivity index is 1.92. The number of carbonyl (C=O) groups is 2. The van der Waals surface area contributed by atoms with E-state index in [9.17, 15) is 9.59 Å². The number of piperazine rings is 1. The topological polar surface area (TPSA) is 91.4 Å². The summed E-state index contributed by atoms with van der Waals surface area (Å²) >= 11 is 0. The lowest BCUT2D eigenvalue weighted by Gasteiger charge is -2.33. The molecule has 19 heavy (non-hydrogen) atoms. The van der Waals surface area contributed by atoms with Gasteiger partial charge in [0.2, 0.25) is 0 Å². The van der Waals surface area contributed by atoms with Gasteiger partial charge in [-0.1, -0.05) is 0 Å². The van der Waals surface area contributed by atoms with E-state index in [-0.39, 0.29) is 12.0 Å². The molecule has 2 rings (SSSR count). The van der Waals surface area contributed by atoms with E-state index in [1.54, 1.807) is 23.6 Å². The Bertz CT molecular complexity index is 465. The molecule has 2 heterocycles. The van der Waals surface area contributed by atoms with Crippen LogP contribution in [0.15, 0.2) is 0 Å². The maximum atomic E-state index is 12.2. The van der Waals surface area contributed by atoms with Gasteiger partial charge in [0, 0.05) is 26.2 Å². The van der Waals surface area contributed by atoms with Gasteiger partial charge in [-0.25, -0.2) is 4.79 Å². The second-order valence-electron chi connectivity index (χ2n) is 4.24. The average molecular weight is 267 g/mol. The molecule has 8 nitrogen and oxygen atoms in total. The largest absolute Gasteiger partial charge is 0.450 e. The van der Waals surface area contributed by atoms with Crippen LogP contribution < -0.4 is 0 Å². The number of aromatic amines is 1. The van der Waals surface area contributed by atoms with Crippen LogP contribution in [0.1, 0.15) is 23.1 Å². The third-order valence-corrected chi connectivity index (χ3v) is 3.02. The minimum Gasteiger partial charge on any atom is -0.450 e. The Hall–Kier alpha value is -2.12. The normalized spacial score (nSPS) is 15.5. The molecule has 2 amide bonds. The van der Waals surface area contributed by atoms with Gasteiger partial charge in [0.15, 0.2) is 5.69 Å². The summed E-state index contributed by atoms with van der Waals surface area (Å²) in [4.78, 5) is 27.0. The standard InChI is InChI=1S/C11H17N5O3/c1-3-19-11(18)16-6-4-15(5-7-16)10(17)9-8(2)12-14-13-9/h3-7H2,1-2H3,(H,12,13,14). The monoisotopic (exact) mass is 267 g/mol. The molecule has 0 spiro atoms. The minimum atomic E-state index is -0.327. The third kappa shape index (κ3) is 2.83. The van der Waals surface area contributed by atoms with Gasteiger partial charge in [0.1, 0.15) is 0 Å². The summed E-state index contributed by atoms with van der Waals surface area (Å²) in [6.07, 6.45) is -0.327. The van der Waals surface area contributed by atoms with Gasteiger partial charge in [-0.2, -0.15) is 15.4 Å². The molecule has 1 aliphatic rings. The zero-order valence-electron chi connectivity index (χ0n) is 11.0. The van der Waals surface area contributed by atoms with Crippen LogP contribution in [0.2, 0.25) is 0 Å². The van der Waals surface area contributed by atoms with Crippen molar-refractivity contribution >= 4 is 12.0 Å². The molecule has 0 aliphatic carbocycles. The molecule has 1 aliphatic heterocycles. The molecule has 1 fully saturated rings. The lowest BCUT2D eigenvalue weighted by atomic mass is 10.2. The summed E-state index contributed by atoms with van der Waals surface area (Å²) < 4.78 is 4.92. The number of nitrogens with zero attached hydrogens (tertiary/aromatic N) is 4. The Morgan fingerprint density at radius 2 is 1.84 bits per heavy atom. The van der Waals surface area contributed by atoms with Crippen LogP contribution in [0, 0.1) is 6.92 Å². The summed E-state index contributed by atoms with van der Waals surface area (Å²) in [6, 6.07) is 0. The van der Waals surface area contributed by atoms with Crippen molar-refractivity contribution < 1.29 is 14.3 Å². The van der Waals surface area contributed by atoms with Crippen LogP contribution in [-0.2, 0) is 4.74 Å². The van der Waals surface area contributed by atoms with Crippen molar-refractivity contribution in [3.63, 3.8) is 0 Å². The van der Waals surface area contributed by atoms with Crippen molar-refractivity contribution in [2.45, 2.75) is 13.8 Å². The van der Waals surface area contributed by atoms with Gasteiger partial charge in [0.25, 0.3) is 5.91 Å². The highest BCUT2D eigenvalue weighted by molar-refractivity contribution is 5.93. The molecule has 1 aromatic heterocycles. The fourth-order valence-electron chi connectivity index (χ4n) is 1.94. The Morgan fingerprint density at radius 1 is 1.21 bits per heavy atom. The van der Waals surface area contributed by atoms with E-state index in [4.69, 9.17) is 4.74 Å². The summed E-state index contributed by atoms with van der Waals surface area (Å²) in [6.45, 7) is 5.75. The molecule has 1 N–H and O–H groups in total. The smallest absolute Gasteiger partial charge is 0.409 e. The fourth-order valence-corrected chi connectivity index (χ4v) is 1.94. The second-order valence-corrected chi connectivity index (χ2v) is 4.24. The number of hydrogen-bond donors (Lipinski definition) is 1. The SMILES string of the molecule is CCOC(=O)N1CCN(C(=O)c2n[nH]nc2C)CC1. The molecule has 0 bridgehead atoms. The highest BCUT2D eigenvalue weighted by Crippen LogP contribution is 2.09. The van der Waals surface area contributed by atoms with E-state index in [1.165, 1.54) is 0 Å². The Labute approximate surface area is 110 Å². The second kappa shape index (κ2) is 5.68. The maximum Gasteiger partial charge on any atom is 0.409 e. The summed E-state index contributed by atoms with van der Waals surface area (Å²) in [5.41, 5.74) is 0.919. The highest BCUT2D eigenvalue weighted by atomic mass is 16.6. The zero-order valence-corrected chi connectivity index (χ0v) is 11.0. The van der Waals surface area contributed by atoms with Crippen LogP contribution in [0.5, 0.6) is 0 Å². The molecule has 0 saturated carbocycles. The Morgan fingerprint density at radius 3 is 2.37 bits per heavy atom. The van der Waals surface area contributed by atoms with Crippen LogP contribution in [0.3, 0.4) is 0 Å². The molecular weight excluding hydrogens is 250 g/mol. The van der Waals surface area contributed by atoms with E-state index < -0.39 is 0 Å². The number of nitrogens with one attached hydrogen (secondary N) is 1. The quantitative estimate of drug-likeness (QED) is 0.816. The van der Waals surface area contributed by atoms with Crippen molar-refractivity contribution in [1.82, 2.24) is 25.2 Å². The highest BCUT2D eigenvalue weighted by Gasteiger charge is 2.27. The molecule has 0 radical (unpaired) electrons. The first-order valence-electron chi connectivity index (χ1n) is 6.21. The lowest BCUT2D eigenvalue weighted by molar-refractivity contribution is 0.0565. The van der Waals surface area contributed by atoms with Crippen LogP contribution >= 0.6 is 0 Å². The first-order valence-corrected chi connectivity index (χ1v) is 6.21. The van der Waals surface area contributed by atoms with Crippen molar-refractivity contribution in [2.75, 3.05) is 32.8 Å². The van der Waals surface area contributed by atoms with Gasteiger partial charge in [0.05, 0.1) is 12.3 Å². The van der Waals surface area contributed by atoms with Crippen LogP contribution in [0.25, 0.3) is 0 Å². The van der Waals surface area contributed by atoms with Gasteiger partial charge in [-0.15, -0.1) is 0 Å². The van der Waals surface area contributed by atoms with Gasteiger partial charge >= 0.3 is 6.09 Å². The summed E-state index contributed by atoms with van der Waals surface area (Å²) in [5, 5.41) is 10.1. The van der Waals surface area contributed by atoms with E-state index in [0.29, 0.717) is 44.2 Å².